The van der Waals surface area contributed by atoms with E-state index in [1.165, 1.54) is 0 Å². The van der Waals surface area contributed by atoms with Crippen LogP contribution in [0.25, 0.3) is 0 Å². The number of halogens is 2. The molecule has 2 aromatic carbocycles. The van der Waals surface area contributed by atoms with Crippen LogP contribution in [0.3, 0.4) is 0 Å². The molecule has 0 aliphatic heterocycles. The van der Waals surface area contributed by atoms with Crippen molar-refractivity contribution in [2.75, 3.05) is 5.32 Å². The summed E-state index contributed by atoms with van der Waals surface area (Å²) in [5, 5.41) is 3.47. The van der Waals surface area contributed by atoms with Crippen molar-refractivity contribution < 1.29 is 4.39 Å². The van der Waals surface area contributed by atoms with E-state index in [9.17, 15) is 4.39 Å². The zero-order valence-corrected chi connectivity index (χ0v) is 11.4. The first-order chi connectivity index (χ1) is 8.74. The number of anilines is 1. The van der Waals surface area contributed by atoms with Crippen molar-refractivity contribution in [3.05, 3.63) is 63.9 Å². The Labute approximate surface area is 114 Å². The van der Waals surface area contributed by atoms with Gasteiger partial charge >= 0.3 is 0 Å². The molecule has 1 atom stereocenters. The Kier molecular flexibility index (Phi) is 3.08. The van der Waals surface area contributed by atoms with E-state index in [4.69, 9.17) is 0 Å². The molecule has 0 saturated carbocycles. The maximum atomic E-state index is 13.6. The highest BCUT2D eigenvalue weighted by Crippen LogP contribution is 2.35. The van der Waals surface area contributed by atoms with Crippen LogP contribution >= 0.6 is 15.9 Å². The van der Waals surface area contributed by atoms with Crippen molar-refractivity contribution in [2.45, 2.75) is 18.9 Å². The van der Waals surface area contributed by atoms with Gasteiger partial charge in [0, 0.05) is 10.2 Å². The summed E-state index contributed by atoms with van der Waals surface area (Å²) in [6.45, 7) is 0. The van der Waals surface area contributed by atoms with Gasteiger partial charge in [0.15, 0.2) is 0 Å². The number of fused-ring (bicyclic) bond motifs is 1. The molecular formula is C15H13BrFN. The number of benzene rings is 2. The van der Waals surface area contributed by atoms with Gasteiger partial charge in [-0.3, -0.25) is 0 Å². The Morgan fingerprint density at radius 3 is 2.83 bits per heavy atom. The van der Waals surface area contributed by atoms with Gasteiger partial charge in [-0.1, -0.05) is 34.1 Å². The molecule has 3 heteroatoms. The van der Waals surface area contributed by atoms with E-state index in [1.807, 2.05) is 30.3 Å². The topological polar surface area (TPSA) is 12.0 Å². The predicted molar refractivity (Wildman–Crippen MR) is 75.2 cm³/mol. The third-order valence-corrected chi connectivity index (χ3v) is 3.87. The average Bonchev–Trinajstić information content (AvgIpc) is 2.74. The summed E-state index contributed by atoms with van der Waals surface area (Å²) in [7, 11) is 0. The molecule has 0 aromatic heterocycles. The van der Waals surface area contributed by atoms with Gasteiger partial charge in [-0.2, -0.15) is 0 Å². The second-order valence-corrected chi connectivity index (χ2v) is 5.47. The van der Waals surface area contributed by atoms with E-state index < -0.39 is 0 Å². The fourth-order valence-corrected chi connectivity index (χ4v) is 2.94. The lowest BCUT2D eigenvalue weighted by Gasteiger charge is -2.15. The van der Waals surface area contributed by atoms with Crippen molar-refractivity contribution in [3.8, 4) is 0 Å². The third kappa shape index (κ3) is 2.15. The van der Waals surface area contributed by atoms with Crippen LogP contribution in [-0.4, -0.2) is 0 Å². The summed E-state index contributed by atoms with van der Waals surface area (Å²) < 4.78 is 14.7. The summed E-state index contributed by atoms with van der Waals surface area (Å²) in [5.74, 6) is -0.0777. The molecule has 3 rings (SSSR count). The predicted octanol–water partition coefficient (Wildman–Crippen LogP) is 4.69. The van der Waals surface area contributed by atoms with Gasteiger partial charge in [0.2, 0.25) is 0 Å². The van der Waals surface area contributed by atoms with Crippen LogP contribution in [0, 0.1) is 5.82 Å². The minimum atomic E-state index is -0.0777. The standard InChI is InChI=1S/C15H13BrFN/c16-10-3-1-4-11(9-10)18-15-8-7-12-13(15)5-2-6-14(12)17/h1-6,9,15,18H,7-8H2. The Hall–Kier alpha value is -1.35. The van der Waals surface area contributed by atoms with Gasteiger partial charge in [-0.25, -0.2) is 4.39 Å². The molecule has 0 amide bonds. The molecule has 1 unspecified atom stereocenters. The van der Waals surface area contributed by atoms with E-state index >= 15 is 0 Å². The van der Waals surface area contributed by atoms with Crippen LogP contribution in [0.1, 0.15) is 23.6 Å². The summed E-state index contributed by atoms with van der Waals surface area (Å²) in [4.78, 5) is 0. The van der Waals surface area contributed by atoms with Crippen molar-refractivity contribution in [2.24, 2.45) is 0 Å². The van der Waals surface area contributed by atoms with Crippen molar-refractivity contribution in [1.29, 1.82) is 0 Å². The fourth-order valence-electron chi connectivity index (χ4n) is 2.54. The lowest BCUT2D eigenvalue weighted by Crippen LogP contribution is -2.07. The quantitative estimate of drug-likeness (QED) is 0.849. The average molecular weight is 306 g/mol. The first-order valence-electron chi connectivity index (χ1n) is 6.03. The van der Waals surface area contributed by atoms with Crippen LogP contribution in [0.2, 0.25) is 0 Å². The van der Waals surface area contributed by atoms with E-state index in [2.05, 4.69) is 21.2 Å². The van der Waals surface area contributed by atoms with E-state index in [0.717, 1.165) is 34.1 Å². The van der Waals surface area contributed by atoms with Crippen LogP contribution in [0.5, 0.6) is 0 Å². The van der Waals surface area contributed by atoms with Gasteiger partial charge < -0.3 is 5.32 Å². The number of hydrogen-bond acceptors (Lipinski definition) is 1. The Bertz CT molecular complexity index is 582. The van der Waals surface area contributed by atoms with E-state index in [1.54, 1.807) is 12.1 Å². The molecule has 1 N–H and O–H groups in total. The molecule has 18 heavy (non-hydrogen) atoms. The summed E-state index contributed by atoms with van der Waals surface area (Å²) in [5.41, 5.74) is 3.02. The van der Waals surface area contributed by atoms with Gasteiger partial charge in [0.1, 0.15) is 5.82 Å². The maximum absolute atomic E-state index is 13.6. The Morgan fingerprint density at radius 1 is 1.17 bits per heavy atom. The molecule has 0 bridgehead atoms. The molecule has 1 aliphatic rings. The first-order valence-corrected chi connectivity index (χ1v) is 6.83. The summed E-state index contributed by atoms with van der Waals surface area (Å²) >= 11 is 3.45. The summed E-state index contributed by atoms with van der Waals surface area (Å²) in [6.07, 6.45) is 1.76. The zero-order valence-electron chi connectivity index (χ0n) is 9.79. The first kappa shape index (κ1) is 11.7. The molecule has 92 valence electrons. The molecule has 0 fully saturated rings. The van der Waals surface area contributed by atoms with Crippen LogP contribution in [0.15, 0.2) is 46.9 Å². The largest absolute Gasteiger partial charge is 0.378 e. The van der Waals surface area contributed by atoms with Crippen LogP contribution < -0.4 is 5.32 Å². The molecule has 0 heterocycles. The number of nitrogens with one attached hydrogen (secondary N) is 1. The Balaban J connectivity index is 1.87. The van der Waals surface area contributed by atoms with E-state index in [0.29, 0.717) is 0 Å². The number of rotatable bonds is 2. The van der Waals surface area contributed by atoms with Crippen LogP contribution in [0.4, 0.5) is 10.1 Å². The number of hydrogen-bond donors (Lipinski definition) is 1. The van der Waals surface area contributed by atoms with Gasteiger partial charge in [-0.05, 0) is 48.2 Å². The lowest BCUT2D eigenvalue weighted by atomic mass is 10.1. The molecule has 0 spiro atoms. The van der Waals surface area contributed by atoms with Gasteiger partial charge in [0.05, 0.1) is 6.04 Å². The van der Waals surface area contributed by atoms with E-state index in [-0.39, 0.29) is 11.9 Å². The highest BCUT2D eigenvalue weighted by Gasteiger charge is 2.24. The van der Waals surface area contributed by atoms with Gasteiger partial charge in [-0.15, -0.1) is 0 Å². The highest BCUT2D eigenvalue weighted by atomic mass is 79.9. The monoisotopic (exact) mass is 305 g/mol. The van der Waals surface area contributed by atoms with Crippen molar-refractivity contribution in [1.82, 2.24) is 0 Å². The second kappa shape index (κ2) is 4.73. The fraction of sp³-hybridized carbons (Fsp3) is 0.200. The molecule has 1 aliphatic carbocycles. The second-order valence-electron chi connectivity index (χ2n) is 4.55. The molecule has 1 nitrogen and oxygen atoms in total. The smallest absolute Gasteiger partial charge is 0.126 e. The molecule has 0 radical (unpaired) electrons. The normalized spacial score (nSPS) is 17.6. The Morgan fingerprint density at radius 2 is 2.00 bits per heavy atom. The third-order valence-electron chi connectivity index (χ3n) is 3.38. The van der Waals surface area contributed by atoms with Crippen molar-refractivity contribution in [3.63, 3.8) is 0 Å². The molecule has 0 saturated heterocycles. The zero-order chi connectivity index (χ0) is 12.5. The van der Waals surface area contributed by atoms with Crippen LogP contribution in [-0.2, 0) is 6.42 Å². The van der Waals surface area contributed by atoms with Crippen molar-refractivity contribution >= 4 is 21.6 Å². The molecular weight excluding hydrogens is 293 g/mol. The minimum Gasteiger partial charge on any atom is -0.378 e. The lowest BCUT2D eigenvalue weighted by molar-refractivity contribution is 0.612. The summed E-state index contributed by atoms with van der Waals surface area (Å²) in [6, 6.07) is 13.6. The molecule has 2 aromatic rings. The maximum Gasteiger partial charge on any atom is 0.126 e. The highest BCUT2D eigenvalue weighted by molar-refractivity contribution is 9.10. The minimum absolute atomic E-state index is 0.0777. The SMILES string of the molecule is Fc1cccc2c1CCC2Nc1cccc(Br)c1. The van der Waals surface area contributed by atoms with Gasteiger partial charge in [0.25, 0.3) is 0 Å².